The van der Waals surface area contributed by atoms with E-state index in [1.807, 2.05) is 0 Å². The normalized spacial score (nSPS) is 19.4. The number of ketones is 1. The second-order valence-corrected chi connectivity index (χ2v) is 8.94. The lowest BCUT2D eigenvalue weighted by Crippen LogP contribution is -2.27. The molecular formula is C19H25NO5S. The molecule has 1 heterocycles. The Kier molecular flexibility index (Phi) is 6.09. The van der Waals surface area contributed by atoms with E-state index in [-0.39, 0.29) is 29.2 Å². The Hall–Kier alpha value is -1.73. The number of nitrogens with zero attached hydrogens (tertiary/aromatic N) is 1. The molecule has 0 spiro atoms. The van der Waals surface area contributed by atoms with Crippen molar-refractivity contribution in [3.05, 3.63) is 29.8 Å². The molecule has 26 heavy (non-hydrogen) atoms. The van der Waals surface area contributed by atoms with Crippen molar-refractivity contribution >= 4 is 21.8 Å². The molecule has 0 unspecified atom stereocenters. The van der Waals surface area contributed by atoms with Crippen molar-refractivity contribution in [2.24, 2.45) is 5.92 Å². The van der Waals surface area contributed by atoms with E-state index in [1.54, 1.807) is 0 Å². The van der Waals surface area contributed by atoms with Crippen molar-refractivity contribution in [3.8, 4) is 0 Å². The van der Waals surface area contributed by atoms with Gasteiger partial charge in [-0.1, -0.05) is 19.3 Å². The number of hydrogen-bond donors (Lipinski definition) is 0. The summed E-state index contributed by atoms with van der Waals surface area (Å²) in [6.45, 7) is 0.786. The summed E-state index contributed by atoms with van der Waals surface area (Å²) in [5, 5.41) is 0. The molecule has 1 saturated carbocycles. The molecule has 1 saturated heterocycles. The van der Waals surface area contributed by atoms with Crippen molar-refractivity contribution in [2.45, 2.75) is 49.8 Å². The maximum Gasteiger partial charge on any atom is 0.309 e. The lowest BCUT2D eigenvalue weighted by atomic mass is 9.89. The fourth-order valence-electron chi connectivity index (χ4n) is 3.57. The molecule has 1 aliphatic carbocycles. The summed E-state index contributed by atoms with van der Waals surface area (Å²) in [5.41, 5.74) is 0.349. The summed E-state index contributed by atoms with van der Waals surface area (Å²) in [7, 11) is -3.48. The zero-order chi connectivity index (χ0) is 18.6. The van der Waals surface area contributed by atoms with Gasteiger partial charge in [0.2, 0.25) is 10.0 Å². The van der Waals surface area contributed by atoms with Crippen LogP contribution in [0.3, 0.4) is 0 Å². The van der Waals surface area contributed by atoms with Gasteiger partial charge in [-0.25, -0.2) is 8.42 Å². The molecule has 0 amide bonds. The van der Waals surface area contributed by atoms with Gasteiger partial charge in [-0.3, -0.25) is 9.59 Å². The number of rotatable bonds is 6. The number of carbonyl (C=O) groups is 2. The van der Waals surface area contributed by atoms with Gasteiger partial charge in [0.1, 0.15) is 0 Å². The van der Waals surface area contributed by atoms with Crippen molar-refractivity contribution in [2.75, 3.05) is 19.7 Å². The van der Waals surface area contributed by atoms with Gasteiger partial charge in [-0.15, -0.1) is 0 Å². The number of esters is 1. The molecule has 0 N–H and O–H groups in total. The predicted molar refractivity (Wildman–Crippen MR) is 96.3 cm³/mol. The Bertz CT molecular complexity index is 745. The quantitative estimate of drug-likeness (QED) is 0.561. The minimum atomic E-state index is -3.48. The molecular weight excluding hydrogens is 354 g/mol. The maximum atomic E-state index is 12.5. The summed E-state index contributed by atoms with van der Waals surface area (Å²) < 4.78 is 31.6. The summed E-state index contributed by atoms with van der Waals surface area (Å²) in [6, 6.07) is 5.87. The van der Waals surface area contributed by atoms with E-state index in [9.17, 15) is 18.0 Å². The third-order valence-corrected chi connectivity index (χ3v) is 7.08. The molecule has 0 bridgehead atoms. The van der Waals surface area contributed by atoms with Crippen LogP contribution in [0.2, 0.25) is 0 Å². The van der Waals surface area contributed by atoms with Gasteiger partial charge in [0.15, 0.2) is 12.4 Å². The van der Waals surface area contributed by atoms with E-state index >= 15 is 0 Å². The minimum Gasteiger partial charge on any atom is -0.457 e. The average molecular weight is 379 g/mol. The van der Waals surface area contributed by atoms with Gasteiger partial charge < -0.3 is 4.74 Å². The average Bonchev–Trinajstić information content (AvgIpc) is 3.22. The fourth-order valence-corrected chi connectivity index (χ4v) is 5.08. The highest BCUT2D eigenvalue weighted by Crippen LogP contribution is 2.25. The van der Waals surface area contributed by atoms with Gasteiger partial charge in [0, 0.05) is 18.7 Å². The van der Waals surface area contributed by atoms with E-state index < -0.39 is 10.0 Å². The molecule has 0 atom stereocenters. The SMILES string of the molecule is O=C(COC(=O)C1CCCCC1)c1ccc(S(=O)(=O)N2CCCC2)cc1. The van der Waals surface area contributed by atoms with Crippen LogP contribution in [0.4, 0.5) is 0 Å². The zero-order valence-corrected chi connectivity index (χ0v) is 15.7. The van der Waals surface area contributed by atoms with Crippen molar-refractivity contribution in [1.29, 1.82) is 0 Å². The second-order valence-electron chi connectivity index (χ2n) is 7.00. The van der Waals surface area contributed by atoms with E-state index in [1.165, 1.54) is 28.6 Å². The number of ether oxygens (including phenoxy) is 1. The van der Waals surface area contributed by atoms with Crippen LogP contribution in [0.5, 0.6) is 0 Å². The molecule has 2 aliphatic rings. The Morgan fingerprint density at radius 1 is 0.962 bits per heavy atom. The van der Waals surface area contributed by atoms with Gasteiger partial charge in [-0.05, 0) is 49.9 Å². The molecule has 6 nitrogen and oxygen atoms in total. The summed E-state index contributed by atoms with van der Waals surface area (Å²) in [6.07, 6.45) is 6.62. The molecule has 3 rings (SSSR count). The highest BCUT2D eigenvalue weighted by molar-refractivity contribution is 7.89. The van der Waals surface area contributed by atoms with Crippen molar-refractivity contribution in [3.63, 3.8) is 0 Å². The van der Waals surface area contributed by atoms with Gasteiger partial charge in [0.25, 0.3) is 0 Å². The Morgan fingerprint density at radius 3 is 2.19 bits per heavy atom. The highest BCUT2D eigenvalue weighted by Gasteiger charge is 2.27. The molecule has 1 aromatic carbocycles. The first-order chi connectivity index (χ1) is 12.5. The largest absolute Gasteiger partial charge is 0.457 e. The van der Waals surface area contributed by atoms with Crippen molar-refractivity contribution < 1.29 is 22.7 Å². The Labute approximate surface area is 154 Å². The number of benzene rings is 1. The molecule has 1 aromatic rings. The molecule has 1 aliphatic heterocycles. The Balaban J connectivity index is 1.57. The third-order valence-electron chi connectivity index (χ3n) is 5.16. The van der Waals surface area contributed by atoms with E-state index in [2.05, 4.69) is 0 Å². The van der Waals surface area contributed by atoms with Gasteiger partial charge >= 0.3 is 5.97 Å². The number of sulfonamides is 1. The van der Waals surface area contributed by atoms with E-state index in [4.69, 9.17) is 4.74 Å². The molecule has 0 radical (unpaired) electrons. The topological polar surface area (TPSA) is 80.8 Å². The second kappa shape index (κ2) is 8.31. The van der Waals surface area contributed by atoms with E-state index in [0.29, 0.717) is 18.7 Å². The Morgan fingerprint density at radius 2 is 1.58 bits per heavy atom. The monoisotopic (exact) mass is 379 g/mol. The number of carbonyl (C=O) groups excluding carboxylic acids is 2. The van der Waals surface area contributed by atoms with Gasteiger partial charge in [-0.2, -0.15) is 4.31 Å². The van der Waals surface area contributed by atoms with Crippen LogP contribution >= 0.6 is 0 Å². The summed E-state index contributed by atoms with van der Waals surface area (Å²) in [4.78, 5) is 24.4. The van der Waals surface area contributed by atoms with Crippen LogP contribution < -0.4 is 0 Å². The van der Waals surface area contributed by atoms with Crippen LogP contribution in [0.1, 0.15) is 55.3 Å². The fraction of sp³-hybridized carbons (Fsp3) is 0.579. The number of hydrogen-bond acceptors (Lipinski definition) is 5. The van der Waals surface area contributed by atoms with Crippen LogP contribution in [0.25, 0.3) is 0 Å². The molecule has 7 heteroatoms. The first kappa shape index (κ1) is 19.0. The summed E-state index contributed by atoms with van der Waals surface area (Å²) in [5.74, 6) is -0.713. The predicted octanol–water partition coefficient (Wildman–Crippen LogP) is 2.78. The molecule has 0 aromatic heterocycles. The first-order valence-electron chi connectivity index (χ1n) is 9.28. The maximum absolute atomic E-state index is 12.5. The molecule has 142 valence electrons. The van der Waals surface area contributed by atoms with Crippen LogP contribution in [-0.2, 0) is 19.6 Å². The smallest absolute Gasteiger partial charge is 0.309 e. The number of Topliss-reactive ketones (excluding diaryl/α,β-unsaturated/α-hetero) is 1. The van der Waals surface area contributed by atoms with Crippen molar-refractivity contribution in [1.82, 2.24) is 4.31 Å². The zero-order valence-electron chi connectivity index (χ0n) is 14.9. The third kappa shape index (κ3) is 4.32. The standard InChI is InChI=1S/C19H25NO5S/c21-18(14-25-19(22)16-6-2-1-3-7-16)15-8-10-17(11-9-15)26(23,24)20-12-4-5-13-20/h8-11,16H,1-7,12-14H2. The lowest BCUT2D eigenvalue weighted by molar-refractivity contribution is -0.148. The van der Waals surface area contributed by atoms with Crippen LogP contribution in [0.15, 0.2) is 29.2 Å². The lowest BCUT2D eigenvalue weighted by Gasteiger charge is -2.19. The van der Waals surface area contributed by atoms with Crippen LogP contribution in [0, 0.1) is 5.92 Å². The first-order valence-corrected chi connectivity index (χ1v) is 10.7. The van der Waals surface area contributed by atoms with Crippen LogP contribution in [-0.4, -0.2) is 44.2 Å². The summed E-state index contributed by atoms with van der Waals surface area (Å²) >= 11 is 0. The van der Waals surface area contributed by atoms with E-state index in [0.717, 1.165) is 44.9 Å². The highest BCUT2D eigenvalue weighted by atomic mass is 32.2. The molecule has 2 fully saturated rings. The van der Waals surface area contributed by atoms with Gasteiger partial charge in [0.05, 0.1) is 10.8 Å². The minimum absolute atomic E-state index is 0.0930.